The minimum absolute atomic E-state index is 0. The highest BCUT2D eigenvalue weighted by Gasteiger charge is 2.01. The molecule has 0 bridgehead atoms. The first-order chi connectivity index (χ1) is 5.74. The van der Waals surface area contributed by atoms with Gasteiger partial charge in [0.25, 0.3) is 0 Å². The number of benzene rings is 1. The first-order valence-electron chi connectivity index (χ1n) is 3.82. The molecule has 1 nitrogen and oxygen atoms in total. The van der Waals surface area contributed by atoms with Crippen LogP contribution in [0.3, 0.4) is 0 Å². The predicted octanol–water partition coefficient (Wildman–Crippen LogP) is 2.15. The molecule has 13 heavy (non-hydrogen) atoms. The van der Waals surface area contributed by atoms with E-state index in [0.717, 1.165) is 6.07 Å². The standard InChI is InChI=1S/C9H11F2N.ClH/c1-12-5-4-7-2-3-8(10)6-9(7)11;/h2-3,6,12H,4-5H2,1H3;1H. The molecule has 0 fully saturated rings. The number of hydrogen-bond donors (Lipinski definition) is 1. The summed E-state index contributed by atoms with van der Waals surface area (Å²) in [6.45, 7) is 0.697. The van der Waals surface area contributed by atoms with E-state index in [1.54, 1.807) is 7.05 Å². The minimum atomic E-state index is -0.527. The van der Waals surface area contributed by atoms with Crippen LogP contribution in [0.5, 0.6) is 0 Å². The molecule has 4 heteroatoms. The van der Waals surface area contributed by atoms with E-state index in [2.05, 4.69) is 5.32 Å². The monoisotopic (exact) mass is 207 g/mol. The van der Waals surface area contributed by atoms with Crippen LogP contribution in [-0.2, 0) is 6.42 Å². The topological polar surface area (TPSA) is 12.0 Å². The fraction of sp³-hybridized carbons (Fsp3) is 0.333. The van der Waals surface area contributed by atoms with Gasteiger partial charge in [-0.2, -0.15) is 0 Å². The van der Waals surface area contributed by atoms with E-state index in [0.29, 0.717) is 18.5 Å². The quantitative estimate of drug-likeness (QED) is 0.801. The molecule has 74 valence electrons. The molecule has 1 aromatic carbocycles. The van der Waals surface area contributed by atoms with Gasteiger partial charge < -0.3 is 5.32 Å². The van der Waals surface area contributed by atoms with Gasteiger partial charge in [-0.1, -0.05) is 6.07 Å². The lowest BCUT2D eigenvalue weighted by molar-refractivity contribution is 0.569. The lowest BCUT2D eigenvalue weighted by Gasteiger charge is -2.01. The van der Waals surface area contributed by atoms with E-state index in [4.69, 9.17) is 0 Å². The molecule has 0 radical (unpaired) electrons. The van der Waals surface area contributed by atoms with Crippen molar-refractivity contribution in [1.82, 2.24) is 5.32 Å². The van der Waals surface area contributed by atoms with Crippen molar-refractivity contribution < 1.29 is 8.78 Å². The zero-order chi connectivity index (χ0) is 8.97. The summed E-state index contributed by atoms with van der Waals surface area (Å²) in [7, 11) is 1.79. The molecule has 0 aliphatic rings. The van der Waals surface area contributed by atoms with Gasteiger partial charge >= 0.3 is 0 Å². The molecule has 0 amide bonds. The van der Waals surface area contributed by atoms with E-state index in [9.17, 15) is 8.78 Å². The van der Waals surface area contributed by atoms with Crippen molar-refractivity contribution in [2.75, 3.05) is 13.6 Å². The summed E-state index contributed by atoms with van der Waals surface area (Å²) < 4.78 is 25.3. The molecule has 1 rings (SSSR count). The Kier molecular flexibility index (Phi) is 5.58. The van der Waals surface area contributed by atoms with Crippen LogP contribution in [0.25, 0.3) is 0 Å². The highest BCUT2D eigenvalue weighted by Crippen LogP contribution is 2.09. The van der Waals surface area contributed by atoms with Crippen LogP contribution >= 0.6 is 12.4 Å². The number of likely N-dealkylation sites (N-methyl/N-ethyl adjacent to an activating group) is 1. The van der Waals surface area contributed by atoms with Gasteiger partial charge in [0.1, 0.15) is 11.6 Å². The second kappa shape index (κ2) is 5.89. The lowest BCUT2D eigenvalue weighted by Crippen LogP contribution is -2.11. The van der Waals surface area contributed by atoms with E-state index >= 15 is 0 Å². The predicted molar refractivity (Wildman–Crippen MR) is 51.2 cm³/mol. The first kappa shape index (κ1) is 12.3. The van der Waals surface area contributed by atoms with Gasteiger partial charge in [-0.3, -0.25) is 0 Å². The van der Waals surface area contributed by atoms with Crippen LogP contribution in [0.2, 0.25) is 0 Å². The Morgan fingerprint density at radius 2 is 2.00 bits per heavy atom. The van der Waals surface area contributed by atoms with Gasteiger partial charge in [0, 0.05) is 6.07 Å². The molecule has 0 spiro atoms. The smallest absolute Gasteiger partial charge is 0.129 e. The summed E-state index contributed by atoms with van der Waals surface area (Å²) in [5.74, 6) is -0.994. The van der Waals surface area contributed by atoms with Crippen molar-refractivity contribution in [3.05, 3.63) is 35.4 Å². The van der Waals surface area contributed by atoms with Crippen LogP contribution < -0.4 is 5.32 Å². The van der Waals surface area contributed by atoms with Gasteiger partial charge in [-0.25, -0.2) is 8.78 Å². The SMILES string of the molecule is CNCCc1ccc(F)cc1F.Cl. The second-order valence-electron chi connectivity index (χ2n) is 2.59. The van der Waals surface area contributed by atoms with Gasteiger partial charge in [0.15, 0.2) is 0 Å². The summed E-state index contributed by atoms with van der Waals surface area (Å²) in [5, 5.41) is 2.90. The number of nitrogens with one attached hydrogen (secondary N) is 1. The molecule has 1 N–H and O–H groups in total. The van der Waals surface area contributed by atoms with Crippen molar-refractivity contribution in [2.45, 2.75) is 6.42 Å². The van der Waals surface area contributed by atoms with Gasteiger partial charge in [-0.15, -0.1) is 12.4 Å². The zero-order valence-electron chi connectivity index (χ0n) is 7.31. The Bertz CT molecular complexity index is 266. The summed E-state index contributed by atoms with van der Waals surface area (Å²) >= 11 is 0. The largest absolute Gasteiger partial charge is 0.319 e. The molecular weight excluding hydrogens is 196 g/mol. The summed E-state index contributed by atoms with van der Waals surface area (Å²) in [6, 6.07) is 3.65. The molecule has 1 aromatic rings. The molecule has 0 atom stereocenters. The average Bonchev–Trinajstić information content (AvgIpc) is 2.03. The molecule has 0 aliphatic heterocycles. The average molecular weight is 208 g/mol. The van der Waals surface area contributed by atoms with E-state index < -0.39 is 11.6 Å². The maximum Gasteiger partial charge on any atom is 0.129 e. The molecule has 0 aliphatic carbocycles. The zero-order valence-corrected chi connectivity index (χ0v) is 8.13. The third kappa shape index (κ3) is 3.70. The Morgan fingerprint density at radius 1 is 1.31 bits per heavy atom. The van der Waals surface area contributed by atoms with Crippen LogP contribution in [0.15, 0.2) is 18.2 Å². The fourth-order valence-corrected chi connectivity index (χ4v) is 0.984. The molecule has 0 unspecified atom stereocenters. The third-order valence-corrected chi connectivity index (χ3v) is 1.66. The summed E-state index contributed by atoms with van der Waals surface area (Å²) in [4.78, 5) is 0. The normalized spacial score (nSPS) is 9.46. The second-order valence-corrected chi connectivity index (χ2v) is 2.59. The maximum atomic E-state index is 12.9. The summed E-state index contributed by atoms with van der Waals surface area (Å²) in [6.07, 6.45) is 0.586. The van der Waals surface area contributed by atoms with Crippen molar-refractivity contribution in [3.8, 4) is 0 Å². The Hall–Kier alpha value is -0.670. The van der Waals surface area contributed by atoms with E-state index in [1.807, 2.05) is 0 Å². The first-order valence-corrected chi connectivity index (χ1v) is 3.82. The minimum Gasteiger partial charge on any atom is -0.319 e. The van der Waals surface area contributed by atoms with E-state index in [1.165, 1.54) is 12.1 Å². The van der Waals surface area contributed by atoms with Crippen LogP contribution in [0.1, 0.15) is 5.56 Å². The van der Waals surface area contributed by atoms with Crippen molar-refractivity contribution >= 4 is 12.4 Å². The van der Waals surface area contributed by atoms with Crippen molar-refractivity contribution in [1.29, 1.82) is 0 Å². The Balaban J connectivity index is 0.00000144. The third-order valence-electron chi connectivity index (χ3n) is 1.66. The molecular formula is C9H12ClF2N. The lowest BCUT2D eigenvalue weighted by atomic mass is 10.1. The Morgan fingerprint density at radius 3 is 2.54 bits per heavy atom. The van der Waals surface area contributed by atoms with Crippen LogP contribution in [0, 0.1) is 11.6 Å². The number of halogens is 3. The molecule has 0 saturated heterocycles. The van der Waals surface area contributed by atoms with Crippen LogP contribution in [-0.4, -0.2) is 13.6 Å². The maximum absolute atomic E-state index is 12.9. The van der Waals surface area contributed by atoms with Crippen LogP contribution in [0.4, 0.5) is 8.78 Å². The Labute approximate surface area is 82.6 Å². The van der Waals surface area contributed by atoms with Crippen molar-refractivity contribution in [3.63, 3.8) is 0 Å². The fourth-order valence-electron chi connectivity index (χ4n) is 0.984. The molecule has 0 aromatic heterocycles. The van der Waals surface area contributed by atoms with Crippen molar-refractivity contribution in [2.24, 2.45) is 0 Å². The summed E-state index contributed by atoms with van der Waals surface area (Å²) in [5.41, 5.74) is 0.547. The van der Waals surface area contributed by atoms with Gasteiger partial charge in [0.05, 0.1) is 0 Å². The van der Waals surface area contributed by atoms with Gasteiger partial charge in [0.2, 0.25) is 0 Å². The highest BCUT2D eigenvalue weighted by atomic mass is 35.5. The molecule has 0 saturated carbocycles. The van der Waals surface area contributed by atoms with Gasteiger partial charge in [-0.05, 0) is 31.6 Å². The number of rotatable bonds is 3. The highest BCUT2D eigenvalue weighted by molar-refractivity contribution is 5.85. The number of hydrogen-bond acceptors (Lipinski definition) is 1. The molecule has 0 heterocycles. The van der Waals surface area contributed by atoms with E-state index in [-0.39, 0.29) is 12.4 Å².